The first-order valence-corrected chi connectivity index (χ1v) is 7.07. The van der Waals surface area contributed by atoms with Crippen LogP contribution in [0, 0.1) is 23.0 Å². The van der Waals surface area contributed by atoms with E-state index in [1.54, 1.807) is 0 Å². The van der Waals surface area contributed by atoms with Gasteiger partial charge in [-0.1, -0.05) is 0 Å². The van der Waals surface area contributed by atoms with Crippen molar-refractivity contribution in [3.05, 3.63) is 65.2 Å². The molecule has 2 aromatic rings. The maximum Gasteiger partial charge on any atom is 0.251 e. The fourth-order valence-corrected chi connectivity index (χ4v) is 1.98. The Balaban J connectivity index is 1.75. The Labute approximate surface area is 132 Å². The van der Waals surface area contributed by atoms with Crippen LogP contribution in [0.15, 0.2) is 42.5 Å². The van der Waals surface area contributed by atoms with E-state index in [2.05, 4.69) is 10.6 Å². The van der Waals surface area contributed by atoms with Crippen LogP contribution in [0.1, 0.15) is 22.3 Å². The summed E-state index contributed by atoms with van der Waals surface area (Å²) in [5.74, 6) is -1.12. The van der Waals surface area contributed by atoms with Crippen molar-refractivity contribution in [1.29, 1.82) is 5.26 Å². The lowest BCUT2D eigenvalue weighted by Gasteiger charge is -2.09. The molecule has 4 nitrogen and oxygen atoms in total. The number of anilines is 1. The zero-order valence-corrected chi connectivity index (χ0v) is 12.3. The Morgan fingerprint density at radius 1 is 1.04 bits per heavy atom. The second-order valence-corrected chi connectivity index (χ2v) is 4.84. The van der Waals surface area contributed by atoms with Gasteiger partial charge < -0.3 is 10.6 Å². The number of amides is 1. The molecule has 2 rings (SSSR count). The molecule has 6 heteroatoms. The third-order valence-corrected chi connectivity index (χ3v) is 3.16. The second-order valence-electron chi connectivity index (χ2n) is 4.84. The van der Waals surface area contributed by atoms with Crippen LogP contribution in [0.3, 0.4) is 0 Å². The largest absolute Gasteiger partial charge is 0.384 e. The smallest absolute Gasteiger partial charge is 0.251 e. The number of halogens is 2. The minimum atomic E-state index is -0.460. The standard InChI is InChI=1S/C17H15F2N3O/c18-14-4-2-12(3-5-14)17(23)22-9-1-8-21-16-7-6-15(19)10-13(16)11-20/h2-7,10,21H,1,8-9H2,(H,22,23). The predicted molar refractivity (Wildman–Crippen MR) is 83.0 cm³/mol. The number of carbonyl (C=O) groups is 1. The molecule has 0 aliphatic heterocycles. The molecule has 0 saturated carbocycles. The van der Waals surface area contributed by atoms with Crippen LogP contribution in [0.2, 0.25) is 0 Å². The lowest BCUT2D eigenvalue weighted by Crippen LogP contribution is -2.25. The van der Waals surface area contributed by atoms with Crippen LogP contribution in [0.4, 0.5) is 14.5 Å². The van der Waals surface area contributed by atoms with Gasteiger partial charge in [-0.25, -0.2) is 8.78 Å². The first-order chi connectivity index (χ1) is 11.1. The lowest BCUT2D eigenvalue weighted by molar-refractivity contribution is 0.0953. The van der Waals surface area contributed by atoms with Crippen LogP contribution >= 0.6 is 0 Å². The highest BCUT2D eigenvalue weighted by Crippen LogP contribution is 2.15. The molecule has 0 aliphatic rings. The third kappa shape index (κ3) is 4.78. The van der Waals surface area contributed by atoms with Gasteiger partial charge >= 0.3 is 0 Å². The molecule has 0 heterocycles. The SMILES string of the molecule is N#Cc1cc(F)ccc1NCCCNC(=O)c1ccc(F)cc1. The van der Waals surface area contributed by atoms with Crippen molar-refractivity contribution in [2.75, 3.05) is 18.4 Å². The number of benzene rings is 2. The maximum atomic E-state index is 13.0. The van der Waals surface area contributed by atoms with Crippen LogP contribution in [-0.4, -0.2) is 19.0 Å². The van der Waals surface area contributed by atoms with E-state index in [1.807, 2.05) is 6.07 Å². The fraction of sp³-hybridized carbons (Fsp3) is 0.176. The molecule has 0 fully saturated rings. The van der Waals surface area contributed by atoms with Crippen molar-refractivity contribution in [1.82, 2.24) is 5.32 Å². The summed E-state index contributed by atoms with van der Waals surface area (Å²) < 4.78 is 25.8. The van der Waals surface area contributed by atoms with Crippen molar-refractivity contribution in [3.8, 4) is 6.07 Å². The van der Waals surface area contributed by atoms with Crippen LogP contribution < -0.4 is 10.6 Å². The zero-order chi connectivity index (χ0) is 16.7. The van der Waals surface area contributed by atoms with E-state index in [4.69, 9.17) is 5.26 Å². The summed E-state index contributed by atoms with van der Waals surface area (Å²) >= 11 is 0. The molecule has 0 spiro atoms. The number of nitriles is 1. The van der Waals surface area contributed by atoms with Crippen molar-refractivity contribution in [2.24, 2.45) is 0 Å². The number of hydrogen-bond donors (Lipinski definition) is 2. The first-order valence-electron chi connectivity index (χ1n) is 7.07. The Morgan fingerprint density at radius 2 is 1.74 bits per heavy atom. The van der Waals surface area contributed by atoms with Gasteiger partial charge in [0.05, 0.1) is 11.3 Å². The Bertz CT molecular complexity index is 724. The highest BCUT2D eigenvalue weighted by Gasteiger charge is 2.05. The van der Waals surface area contributed by atoms with E-state index < -0.39 is 11.6 Å². The summed E-state index contributed by atoms with van der Waals surface area (Å²) in [5.41, 5.74) is 1.18. The van der Waals surface area contributed by atoms with Gasteiger partial charge in [0.2, 0.25) is 0 Å². The Hall–Kier alpha value is -2.94. The quantitative estimate of drug-likeness (QED) is 0.805. The van der Waals surface area contributed by atoms with Crippen LogP contribution in [0.25, 0.3) is 0 Å². The van der Waals surface area contributed by atoms with Gasteiger partial charge in [0, 0.05) is 18.7 Å². The maximum absolute atomic E-state index is 13.0. The molecule has 23 heavy (non-hydrogen) atoms. The van der Waals surface area contributed by atoms with E-state index in [1.165, 1.54) is 42.5 Å². The molecule has 0 aromatic heterocycles. The predicted octanol–water partition coefficient (Wildman–Crippen LogP) is 3.07. The van der Waals surface area contributed by atoms with Gasteiger partial charge in [0.25, 0.3) is 5.91 Å². The summed E-state index contributed by atoms with van der Waals surface area (Å²) in [4.78, 5) is 11.8. The lowest BCUT2D eigenvalue weighted by atomic mass is 10.2. The van der Waals surface area contributed by atoms with Gasteiger partial charge in [-0.15, -0.1) is 0 Å². The molecule has 0 atom stereocenters. The molecule has 118 valence electrons. The number of rotatable bonds is 6. The van der Waals surface area contributed by atoms with Crippen molar-refractivity contribution >= 4 is 11.6 Å². The van der Waals surface area contributed by atoms with Crippen LogP contribution in [0.5, 0.6) is 0 Å². The second kappa shape index (κ2) is 7.90. The summed E-state index contributed by atoms with van der Waals surface area (Å²) in [6.07, 6.45) is 0.620. The monoisotopic (exact) mass is 315 g/mol. The molecular formula is C17H15F2N3O. The summed E-state index contributed by atoms with van der Waals surface area (Å²) in [5, 5.41) is 14.7. The van der Waals surface area contributed by atoms with E-state index >= 15 is 0 Å². The molecule has 2 N–H and O–H groups in total. The normalized spacial score (nSPS) is 9.96. The topological polar surface area (TPSA) is 64.9 Å². The third-order valence-electron chi connectivity index (χ3n) is 3.16. The van der Waals surface area contributed by atoms with E-state index in [0.717, 1.165) is 0 Å². The highest BCUT2D eigenvalue weighted by molar-refractivity contribution is 5.94. The molecule has 2 aromatic carbocycles. The molecule has 0 aliphatic carbocycles. The molecule has 0 radical (unpaired) electrons. The van der Waals surface area contributed by atoms with E-state index in [-0.39, 0.29) is 11.5 Å². The van der Waals surface area contributed by atoms with Crippen molar-refractivity contribution in [2.45, 2.75) is 6.42 Å². The van der Waals surface area contributed by atoms with Gasteiger partial charge in [-0.2, -0.15) is 5.26 Å². The molecule has 0 unspecified atom stereocenters. The van der Waals surface area contributed by atoms with Gasteiger partial charge in [0.15, 0.2) is 0 Å². The van der Waals surface area contributed by atoms with Crippen LogP contribution in [-0.2, 0) is 0 Å². The van der Waals surface area contributed by atoms with Gasteiger partial charge in [-0.05, 0) is 48.9 Å². The Morgan fingerprint density at radius 3 is 2.43 bits per heavy atom. The van der Waals surface area contributed by atoms with Gasteiger partial charge in [-0.3, -0.25) is 4.79 Å². The summed E-state index contributed by atoms with van der Waals surface area (Å²) in [6, 6.07) is 11.2. The van der Waals surface area contributed by atoms with Crippen molar-refractivity contribution < 1.29 is 13.6 Å². The average Bonchev–Trinajstić information content (AvgIpc) is 2.56. The number of carbonyl (C=O) groups excluding carboxylic acids is 1. The van der Waals surface area contributed by atoms with Crippen molar-refractivity contribution in [3.63, 3.8) is 0 Å². The first kappa shape index (κ1) is 16.4. The average molecular weight is 315 g/mol. The van der Waals surface area contributed by atoms with Gasteiger partial charge in [0.1, 0.15) is 17.7 Å². The fourth-order valence-electron chi connectivity index (χ4n) is 1.98. The molecule has 0 bridgehead atoms. The molecule has 0 saturated heterocycles. The number of hydrogen-bond acceptors (Lipinski definition) is 3. The van der Waals surface area contributed by atoms with E-state index in [9.17, 15) is 13.6 Å². The minimum absolute atomic E-state index is 0.236. The number of nitrogens with one attached hydrogen (secondary N) is 2. The minimum Gasteiger partial charge on any atom is -0.384 e. The summed E-state index contributed by atoms with van der Waals surface area (Å²) in [7, 11) is 0. The Kier molecular flexibility index (Phi) is 5.64. The molecular weight excluding hydrogens is 300 g/mol. The molecule has 1 amide bonds. The highest BCUT2D eigenvalue weighted by atomic mass is 19.1. The zero-order valence-electron chi connectivity index (χ0n) is 12.3. The number of nitrogens with zero attached hydrogens (tertiary/aromatic N) is 1. The summed E-state index contributed by atoms with van der Waals surface area (Å²) in [6.45, 7) is 0.941. The van der Waals surface area contributed by atoms with E-state index in [0.29, 0.717) is 30.8 Å².